The molecule has 2 atom stereocenters. The van der Waals surface area contributed by atoms with Crippen molar-refractivity contribution in [2.75, 3.05) is 19.7 Å². The average Bonchev–Trinajstić information content (AvgIpc) is 2.87. The lowest BCUT2D eigenvalue weighted by Crippen LogP contribution is -2.39. The second-order valence-electron chi connectivity index (χ2n) is 4.70. The molecule has 104 valence electrons. The van der Waals surface area contributed by atoms with Crippen LogP contribution in [0, 0.1) is 5.92 Å². The van der Waals surface area contributed by atoms with Crippen LogP contribution in [0.15, 0.2) is 5.16 Å². The molecule has 0 aromatic carbocycles. The van der Waals surface area contributed by atoms with Gasteiger partial charge in [-0.25, -0.2) is 0 Å². The molecular weight excluding hydrogens is 234 g/mol. The summed E-state index contributed by atoms with van der Waals surface area (Å²) in [6, 6.07) is 0. The number of hydrogen-bond donors (Lipinski definition) is 2. The summed E-state index contributed by atoms with van der Waals surface area (Å²) in [5, 5.41) is 11.6. The van der Waals surface area contributed by atoms with Gasteiger partial charge >= 0.3 is 0 Å². The van der Waals surface area contributed by atoms with Crippen LogP contribution in [0.5, 0.6) is 0 Å². The third kappa shape index (κ3) is 4.18. The lowest BCUT2D eigenvalue weighted by molar-refractivity contribution is -0.133. The molecule has 1 aliphatic rings. The largest absolute Gasteiger partial charge is 0.409 e. The van der Waals surface area contributed by atoms with Crippen LogP contribution >= 0.6 is 0 Å². The highest BCUT2D eigenvalue weighted by molar-refractivity contribution is 5.83. The summed E-state index contributed by atoms with van der Waals surface area (Å²) in [6.07, 6.45) is 2.48. The van der Waals surface area contributed by atoms with E-state index in [1.807, 2.05) is 13.8 Å². The van der Waals surface area contributed by atoms with Crippen LogP contribution < -0.4 is 5.73 Å². The summed E-state index contributed by atoms with van der Waals surface area (Å²) in [6.45, 7) is 5.60. The van der Waals surface area contributed by atoms with Gasteiger partial charge in [0.15, 0.2) is 0 Å². The molecule has 1 fully saturated rings. The summed E-state index contributed by atoms with van der Waals surface area (Å²) in [7, 11) is 0. The minimum Gasteiger partial charge on any atom is -0.409 e. The minimum absolute atomic E-state index is 0.0608. The van der Waals surface area contributed by atoms with Gasteiger partial charge in [-0.3, -0.25) is 4.79 Å². The predicted molar refractivity (Wildman–Crippen MR) is 68.4 cm³/mol. The maximum atomic E-state index is 12.1. The number of amidine groups is 1. The smallest absolute Gasteiger partial charge is 0.225 e. The Hall–Kier alpha value is -1.30. The summed E-state index contributed by atoms with van der Waals surface area (Å²) in [5.41, 5.74) is 5.52. The minimum atomic E-state index is -0.150. The van der Waals surface area contributed by atoms with Gasteiger partial charge in [0.2, 0.25) is 5.91 Å². The van der Waals surface area contributed by atoms with E-state index in [1.165, 1.54) is 0 Å². The molecule has 18 heavy (non-hydrogen) atoms. The molecule has 6 heteroatoms. The molecule has 1 heterocycles. The van der Waals surface area contributed by atoms with E-state index in [2.05, 4.69) is 5.16 Å². The lowest BCUT2D eigenvalue weighted by Gasteiger charge is -2.25. The van der Waals surface area contributed by atoms with Crippen molar-refractivity contribution in [2.24, 2.45) is 16.8 Å². The Bertz CT molecular complexity index is 301. The molecule has 1 saturated heterocycles. The molecule has 1 amide bonds. The highest BCUT2D eigenvalue weighted by Gasteiger charge is 2.23. The summed E-state index contributed by atoms with van der Waals surface area (Å²) < 4.78 is 5.46. The Morgan fingerprint density at radius 1 is 1.67 bits per heavy atom. The first-order chi connectivity index (χ1) is 8.58. The van der Waals surface area contributed by atoms with Gasteiger partial charge in [-0.15, -0.1) is 0 Å². The third-order valence-electron chi connectivity index (χ3n) is 3.28. The zero-order valence-electron chi connectivity index (χ0n) is 11.1. The fourth-order valence-electron chi connectivity index (χ4n) is 2.06. The van der Waals surface area contributed by atoms with Gasteiger partial charge in [0.05, 0.1) is 12.5 Å². The Kier molecular flexibility index (Phi) is 5.91. The van der Waals surface area contributed by atoms with Crippen LogP contribution in [-0.2, 0) is 9.53 Å². The van der Waals surface area contributed by atoms with E-state index in [-0.39, 0.29) is 23.8 Å². The molecule has 0 saturated carbocycles. The molecule has 0 aliphatic carbocycles. The number of oxime groups is 1. The Morgan fingerprint density at radius 2 is 2.39 bits per heavy atom. The fourth-order valence-corrected chi connectivity index (χ4v) is 2.06. The number of nitrogens with zero attached hydrogens (tertiary/aromatic N) is 2. The molecule has 2 unspecified atom stereocenters. The number of carbonyl (C=O) groups excluding carboxylic acids is 1. The Morgan fingerprint density at radius 3 is 2.89 bits per heavy atom. The van der Waals surface area contributed by atoms with Crippen molar-refractivity contribution in [1.29, 1.82) is 0 Å². The second-order valence-corrected chi connectivity index (χ2v) is 4.70. The lowest BCUT2D eigenvalue weighted by atomic mass is 10.1. The second kappa shape index (κ2) is 7.20. The molecule has 0 aromatic heterocycles. The number of nitrogens with two attached hydrogens (primary N) is 1. The first kappa shape index (κ1) is 14.8. The molecule has 1 aliphatic heterocycles. The predicted octanol–water partition coefficient (Wildman–Crippen LogP) is 0.786. The van der Waals surface area contributed by atoms with Crippen LogP contribution in [0.3, 0.4) is 0 Å². The van der Waals surface area contributed by atoms with Crippen molar-refractivity contribution in [3.05, 3.63) is 0 Å². The van der Waals surface area contributed by atoms with E-state index >= 15 is 0 Å². The maximum Gasteiger partial charge on any atom is 0.225 e. The molecule has 3 N–H and O–H groups in total. The topological polar surface area (TPSA) is 88.1 Å². The van der Waals surface area contributed by atoms with Gasteiger partial charge in [0.1, 0.15) is 5.84 Å². The fraction of sp³-hybridized carbons (Fsp3) is 0.833. The number of hydrogen-bond acceptors (Lipinski definition) is 4. The number of rotatable bonds is 6. The van der Waals surface area contributed by atoms with Gasteiger partial charge in [-0.05, 0) is 19.8 Å². The quantitative estimate of drug-likeness (QED) is 0.318. The third-order valence-corrected chi connectivity index (χ3v) is 3.28. The number of carbonyl (C=O) groups is 1. The van der Waals surface area contributed by atoms with E-state index in [9.17, 15) is 4.79 Å². The van der Waals surface area contributed by atoms with E-state index in [0.717, 1.165) is 19.4 Å². The average molecular weight is 257 g/mol. The Balaban J connectivity index is 2.46. The van der Waals surface area contributed by atoms with Gasteiger partial charge < -0.3 is 20.6 Å². The van der Waals surface area contributed by atoms with E-state index in [4.69, 9.17) is 15.7 Å². The van der Waals surface area contributed by atoms with Crippen LogP contribution in [0.4, 0.5) is 0 Å². The van der Waals surface area contributed by atoms with Gasteiger partial charge in [0.25, 0.3) is 0 Å². The van der Waals surface area contributed by atoms with Crippen molar-refractivity contribution < 1.29 is 14.7 Å². The summed E-state index contributed by atoms with van der Waals surface area (Å²) >= 11 is 0. The summed E-state index contributed by atoms with van der Waals surface area (Å²) in [5.74, 6) is 0.0729. The molecule has 0 aromatic rings. The number of amides is 1. The molecule has 1 rings (SSSR count). The van der Waals surface area contributed by atoms with Gasteiger partial charge in [0, 0.05) is 25.6 Å². The maximum absolute atomic E-state index is 12.1. The van der Waals surface area contributed by atoms with Crippen molar-refractivity contribution in [2.45, 2.75) is 39.2 Å². The molecule has 6 nitrogen and oxygen atoms in total. The summed E-state index contributed by atoms with van der Waals surface area (Å²) in [4.78, 5) is 13.8. The normalized spacial score (nSPS) is 21.9. The highest BCUT2D eigenvalue weighted by atomic mass is 16.5. The Labute approximate surface area is 108 Å². The monoisotopic (exact) mass is 257 g/mol. The zero-order chi connectivity index (χ0) is 13.5. The zero-order valence-corrected chi connectivity index (χ0v) is 11.1. The van der Waals surface area contributed by atoms with E-state index in [0.29, 0.717) is 19.5 Å². The first-order valence-electron chi connectivity index (χ1n) is 6.45. The number of ether oxygens (including phenoxy) is 1. The van der Waals surface area contributed by atoms with E-state index < -0.39 is 0 Å². The SMILES string of the molecule is CCN(CC(C)C(N)=NO)C(=O)CC1CCCO1. The van der Waals surface area contributed by atoms with Crippen LogP contribution in [0.2, 0.25) is 0 Å². The van der Waals surface area contributed by atoms with Crippen molar-refractivity contribution in [1.82, 2.24) is 4.90 Å². The standard InChI is InChI=1S/C12H23N3O3/c1-3-15(8-9(2)12(13)14-17)11(16)7-10-5-4-6-18-10/h9-10,17H,3-8H2,1-2H3,(H2,13,14). The van der Waals surface area contributed by atoms with Crippen LogP contribution in [0.1, 0.15) is 33.1 Å². The molecular formula is C12H23N3O3. The van der Waals surface area contributed by atoms with Gasteiger partial charge in [-0.2, -0.15) is 0 Å². The molecule has 0 spiro atoms. The van der Waals surface area contributed by atoms with Gasteiger partial charge in [-0.1, -0.05) is 12.1 Å². The van der Waals surface area contributed by atoms with Crippen LogP contribution in [0.25, 0.3) is 0 Å². The van der Waals surface area contributed by atoms with Crippen molar-refractivity contribution >= 4 is 11.7 Å². The highest BCUT2D eigenvalue weighted by Crippen LogP contribution is 2.16. The molecule has 0 bridgehead atoms. The van der Waals surface area contributed by atoms with Crippen LogP contribution in [-0.4, -0.2) is 47.7 Å². The van der Waals surface area contributed by atoms with Crippen molar-refractivity contribution in [3.8, 4) is 0 Å². The molecule has 0 radical (unpaired) electrons. The first-order valence-corrected chi connectivity index (χ1v) is 6.45. The van der Waals surface area contributed by atoms with E-state index in [1.54, 1.807) is 4.90 Å². The van der Waals surface area contributed by atoms with Crippen molar-refractivity contribution in [3.63, 3.8) is 0 Å².